The first-order valence-corrected chi connectivity index (χ1v) is 6.98. The molecular formula is C14H20N2O4. The van der Waals surface area contributed by atoms with E-state index < -0.39 is 5.97 Å². The van der Waals surface area contributed by atoms with Gasteiger partial charge in [-0.25, -0.2) is 9.59 Å². The number of likely N-dealkylation sites (tertiary alicyclic amines) is 1. The van der Waals surface area contributed by atoms with Gasteiger partial charge in [-0.1, -0.05) is 6.92 Å². The van der Waals surface area contributed by atoms with E-state index in [1.807, 2.05) is 4.90 Å². The quantitative estimate of drug-likeness (QED) is 0.887. The van der Waals surface area contributed by atoms with Crippen LogP contribution in [0.25, 0.3) is 0 Å². The number of carbonyl (C=O) groups excluding carboxylic acids is 1. The van der Waals surface area contributed by atoms with Crippen LogP contribution in [0.2, 0.25) is 0 Å². The van der Waals surface area contributed by atoms with Crippen molar-refractivity contribution in [1.29, 1.82) is 0 Å². The number of nitrogens with zero attached hydrogens (tertiary/aromatic N) is 1. The van der Waals surface area contributed by atoms with Crippen LogP contribution in [0.15, 0.2) is 16.5 Å². The summed E-state index contributed by atoms with van der Waals surface area (Å²) in [6, 6.07) is 3.15. The Morgan fingerprint density at radius 1 is 1.45 bits per heavy atom. The number of carboxylic acid groups (broad SMARTS) is 1. The van der Waals surface area contributed by atoms with E-state index in [1.54, 1.807) is 6.07 Å². The molecule has 1 unspecified atom stereocenters. The molecule has 2 heterocycles. The number of piperidine rings is 1. The summed E-state index contributed by atoms with van der Waals surface area (Å²) in [6.07, 6.45) is 4.21. The van der Waals surface area contributed by atoms with Crippen molar-refractivity contribution in [2.75, 3.05) is 6.54 Å². The Balaban J connectivity index is 1.88. The maximum Gasteiger partial charge on any atom is 0.371 e. The number of amides is 2. The molecule has 20 heavy (non-hydrogen) atoms. The van der Waals surface area contributed by atoms with Gasteiger partial charge in [0.1, 0.15) is 5.76 Å². The molecule has 1 fully saturated rings. The fourth-order valence-electron chi connectivity index (χ4n) is 2.54. The SMILES string of the molecule is CCC1CCCCN1C(=O)NCc1ccc(C(=O)O)o1. The lowest BCUT2D eigenvalue weighted by Gasteiger charge is -2.35. The summed E-state index contributed by atoms with van der Waals surface area (Å²) < 4.78 is 5.10. The van der Waals surface area contributed by atoms with Gasteiger partial charge in [-0.3, -0.25) is 0 Å². The van der Waals surface area contributed by atoms with Crippen LogP contribution in [0.1, 0.15) is 48.9 Å². The molecule has 0 bridgehead atoms. The highest BCUT2D eigenvalue weighted by molar-refractivity contribution is 5.84. The molecule has 1 aliphatic rings. The van der Waals surface area contributed by atoms with Crippen LogP contribution >= 0.6 is 0 Å². The fourth-order valence-corrected chi connectivity index (χ4v) is 2.54. The third kappa shape index (κ3) is 3.31. The molecule has 2 N–H and O–H groups in total. The third-order valence-corrected chi connectivity index (χ3v) is 3.65. The smallest absolute Gasteiger partial charge is 0.371 e. The zero-order valence-corrected chi connectivity index (χ0v) is 11.6. The maximum atomic E-state index is 12.1. The summed E-state index contributed by atoms with van der Waals surface area (Å²) in [7, 11) is 0. The Kier molecular flexibility index (Phi) is 4.65. The lowest BCUT2D eigenvalue weighted by atomic mass is 10.0. The van der Waals surface area contributed by atoms with E-state index in [2.05, 4.69) is 12.2 Å². The minimum absolute atomic E-state index is 0.107. The molecule has 1 aromatic rings. The monoisotopic (exact) mass is 280 g/mol. The molecule has 1 aromatic heterocycles. The van der Waals surface area contributed by atoms with Gasteiger partial charge < -0.3 is 19.7 Å². The van der Waals surface area contributed by atoms with Crippen LogP contribution < -0.4 is 5.32 Å². The number of rotatable bonds is 4. The average molecular weight is 280 g/mol. The minimum Gasteiger partial charge on any atom is -0.475 e. The normalized spacial score (nSPS) is 18.9. The van der Waals surface area contributed by atoms with Crippen LogP contribution in [0.5, 0.6) is 0 Å². The molecule has 0 aliphatic carbocycles. The van der Waals surface area contributed by atoms with Crippen LogP contribution in [-0.2, 0) is 6.54 Å². The lowest BCUT2D eigenvalue weighted by Crippen LogP contribution is -2.48. The lowest BCUT2D eigenvalue weighted by molar-refractivity contribution is 0.0660. The van der Waals surface area contributed by atoms with E-state index >= 15 is 0 Å². The Hall–Kier alpha value is -1.98. The molecule has 0 radical (unpaired) electrons. The van der Waals surface area contributed by atoms with Gasteiger partial charge in [0, 0.05) is 12.6 Å². The molecule has 6 heteroatoms. The second kappa shape index (κ2) is 6.45. The van der Waals surface area contributed by atoms with Crippen molar-refractivity contribution in [3.8, 4) is 0 Å². The zero-order valence-electron chi connectivity index (χ0n) is 11.6. The third-order valence-electron chi connectivity index (χ3n) is 3.65. The van der Waals surface area contributed by atoms with Crippen molar-refractivity contribution in [3.63, 3.8) is 0 Å². The van der Waals surface area contributed by atoms with Crippen LogP contribution in [0.3, 0.4) is 0 Å². The van der Waals surface area contributed by atoms with Crippen molar-refractivity contribution in [2.24, 2.45) is 0 Å². The van der Waals surface area contributed by atoms with Gasteiger partial charge in [0.25, 0.3) is 0 Å². The van der Waals surface area contributed by atoms with Gasteiger partial charge in [-0.15, -0.1) is 0 Å². The Morgan fingerprint density at radius 3 is 2.90 bits per heavy atom. The Labute approximate surface area is 117 Å². The van der Waals surface area contributed by atoms with E-state index in [0.717, 1.165) is 25.8 Å². The minimum atomic E-state index is -1.11. The van der Waals surface area contributed by atoms with Gasteiger partial charge >= 0.3 is 12.0 Å². The summed E-state index contributed by atoms with van der Waals surface area (Å²) in [5, 5.41) is 11.5. The molecule has 0 spiro atoms. The molecule has 0 saturated carbocycles. The average Bonchev–Trinajstić information content (AvgIpc) is 2.94. The van der Waals surface area contributed by atoms with Crippen molar-refractivity contribution < 1.29 is 19.1 Å². The van der Waals surface area contributed by atoms with E-state index in [1.165, 1.54) is 12.5 Å². The summed E-state index contributed by atoms with van der Waals surface area (Å²) in [6.45, 7) is 3.07. The number of hydrogen-bond donors (Lipinski definition) is 2. The van der Waals surface area contributed by atoms with Gasteiger partial charge in [0.05, 0.1) is 6.54 Å². The van der Waals surface area contributed by atoms with Gasteiger partial charge in [-0.2, -0.15) is 0 Å². The number of aromatic carboxylic acids is 1. The fraction of sp³-hybridized carbons (Fsp3) is 0.571. The molecule has 1 aliphatic heterocycles. The zero-order chi connectivity index (χ0) is 14.5. The van der Waals surface area contributed by atoms with Crippen molar-refractivity contribution in [2.45, 2.75) is 45.2 Å². The van der Waals surface area contributed by atoms with Crippen molar-refractivity contribution in [1.82, 2.24) is 10.2 Å². The Morgan fingerprint density at radius 2 is 2.25 bits per heavy atom. The number of hydrogen-bond acceptors (Lipinski definition) is 3. The summed E-state index contributed by atoms with van der Waals surface area (Å²) in [5.41, 5.74) is 0. The molecule has 2 rings (SSSR count). The number of nitrogens with one attached hydrogen (secondary N) is 1. The first-order chi connectivity index (χ1) is 9.61. The first-order valence-electron chi connectivity index (χ1n) is 6.98. The predicted octanol–water partition coefficient (Wildman–Crippen LogP) is 2.45. The number of carboxylic acids is 1. The van der Waals surface area contributed by atoms with E-state index in [9.17, 15) is 9.59 Å². The molecule has 1 saturated heterocycles. The molecule has 0 aromatic carbocycles. The molecule has 2 amide bonds. The van der Waals surface area contributed by atoms with Crippen LogP contribution in [0.4, 0.5) is 4.79 Å². The highest BCUT2D eigenvalue weighted by atomic mass is 16.4. The van der Waals surface area contributed by atoms with Crippen molar-refractivity contribution >= 4 is 12.0 Å². The topological polar surface area (TPSA) is 82.8 Å². The highest BCUT2D eigenvalue weighted by Crippen LogP contribution is 2.19. The highest BCUT2D eigenvalue weighted by Gasteiger charge is 2.25. The van der Waals surface area contributed by atoms with Crippen LogP contribution in [-0.4, -0.2) is 34.6 Å². The first kappa shape index (κ1) is 14.4. The molecule has 110 valence electrons. The molecule has 6 nitrogen and oxygen atoms in total. The molecule has 1 atom stereocenters. The largest absolute Gasteiger partial charge is 0.475 e. The van der Waals surface area contributed by atoms with Gasteiger partial charge in [0.15, 0.2) is 0 Å². The van der Waals surface area contributed by atoms with E-state index in [0.29, 0.717) is 11.8 Å². The van der Waals surface area contributed by atoms with Gasteiger partial charge in [-0.05, 0) is 37.8 Å². The number of carbonyl (C=O) groups is 2. The number of urea groups is 1. The maximum absolute atomic E-state index is 12.1. The van der Waals surface area contributed by atoms with E-state index in [-0.39, 0.29) is 18.3 Å². The number of furan rings is 1. The second-order valence-corrected chi connectivity index (χ2v) is 4.98. The standard InChI is InChI=1S/C14H20N2O4/c1-2-10-5-3-4-8-16(10)14(19)15-9-11-6-7-12(20-11)13(17)18/h6-7,10H,2-5,8-9H2,1H3,(H,15,19)(H,17,18). The molecular weight excluding hydrogens is 260 g/mol. The predicted molar refractivity (Wildman–Crippen MR) is 72.5 cm³/mol. The van der Waals surface area contributed by atoms with Crippen molar-refractivity contribution in [3.05, 3.63) is 23.7 Å². The second-order valence-electron chi connectivity index (χ2n) is 4.98. The van der Waals surface area contributed by atoms with E-state index in [4.69, 9.17) is 9.52 Å². The summed E-state index contributed by atoms with van der Waals surface area (Å²) >= 11 is 0. The van der Waals surface area contributed by atoms with Crippen LogP contribution in [0, 0.1) is 0 Å². The van der Waals surface area contributed by atoms with Gasteiger partial charge in [0.2, 0.25) is 5.76 Å². The summed E-state index contributed by atoms with van der Waals surface area (Å²) in [5.74, 6) is -0.774. The Bertz CT molecular complexity index is 483. The summed E-state index contributed by atoms with van der Waals surface area (Å²) in [4.78, 5) is 24.7.